The number of anilines is 1. The second kappa shape index (κ2) is 5.37. The first kappa shape index (κ1) is 13.5. The van der Waals surface area contributed by atoms with Crippen molar-refractivity contribution in [2.24, 2.45) is 0 Å². The molecule has 2 aromatic rings. The lowest BCUT2D eigenvalue weighted by Crippen LogP contribution is -2.27. The summed E-state index contributed by atoms with van der Waals surface area (Å²) < 4.78 is 0. The summed E-state index contributed by atoms with van der Waals surface area (Å²) in [6.07, 6.45) is 0. The van der Waals surface area contributed by atoms with Crippen LogP contribution in [0.1, 0.15) is 30.1 Å². The van der Waals surface area contributed by atoms with Gasteiger partial charge in [0.1, 0.15) is 11.8 Å². The Morgan fingerprint density at radius 2 is 2.21 bits per heavy atom. The monoisotopic (exact) mass is 272 g/mol. The molecule has 0 saturated heterocycles. The van der Waals surface area contributed by atoms with Crippen LogP contribution in [0.2, 0.25) is 0 Å². The van der Waals surface area contributed by atoms with Gasteiger partial charge in [0.05, 0.1) is 0 Å². The van der Waals surface area contributed by atoms with Gasteiger partial charge in [-0.05, 0) is 24.4 Å². The summed E-state index contributed by atoms with van der Waals surface area (Å²) in [5.74, 6) is 0.515. The molecule has 1 N–H and O–H groups in total. The Morgan fingerprint density at radius 3 is 2.84 bits per heavy atom. The summed E-state index contributed by atoms with van der Waals surface area (Å²) in [5.41, 5.74) is 1.19. The van der Waals surface area contributed by atoms with Crippen LogP contribution in [0.4, 0.5) is 5.95 Å². The minimum absolute atomic E-state index is 0.00802. The number of nitrogens with one attached hydrogen (secondary N) is 1. The number of nitriles is 1. The van der Waals surface area contributed by atoms with Crippen LogP contribution in [0.3, 0.4) is 0 Å². The van der Waals surface area contributed by atoms with Crippen molar-refractivity contribution in [2.45, 2.75) is 26.2 Å². The van der Waals surface area contributed by atoms with Crippen molar-refractivity contribution < 1.29 is 0 Å². The normalized spacial score (nSPS) is 11.1. The predicted octanol–water partition coefficient (Wildman–Crippen LogP) is 3.11. The Labute approximate surface area is 117 Å². The summed E-state index contributed by atoms with van der Waals surface area (Å²) >= 11 is 1.74. The Balaban J connectivity index is 2.11. The van der Waals surface area contributed by atoms with E-state index in [0.717, 1.165) is 12.2 Å². The number of hydrogen-bond acceptors (Lipinski definition) is 5. The average Bonchev–Trinajstić information content (AvgIpc) is 2.90. The van der Waals surface area contributed by atoms with E-state index in [2.05, 4.69) is 46.6 Å². The summed E-state index contributed by atoms with van der Waals surface area (Å²) in [6.45, 7) is 6.93. The molecule has 19 heavy (non-hydrogen) atoms. The second-order valence-corrected chi connectivity index (χ2v) is 5.99. The Hall–Kier alpha value is -1.93. The number of rotatable bonds is 4. The lowest BCUT2D eigenvalue weighted by Gasteiger charge is -2.23. The van der Waals surface area contributed by atoms with E-state index in [1.54, 1.807) is 17.4 Å². The summed E-state index contributed by atoms with van der Waals surface area (Å²) in [5, 5.41) is 14.2. The maximum Gasteiger partial charge on any atom is 0.224 e. The van der Waals surface area contributed by atoms with Gasteiger partial charge in [0, 0.05) is 22.5 Å². The SMILES string of the molecule is Cc1cc(C#N)nc(NCC(C)(C)c2cccs2)n1. The number of thiophene rings is 1. The molecule has 0 aromatic carbocycles. The molecule has 0 bridgehead atoms. The number of aromatic nitrogens is 2. The van der Waals surface area contributed by atoms with Crippen LogP contribution in [-0.4, -0.2) is 16.5 Å². The summed E-state index contributed by atoms with van der Waals surface area (Å²) in [7, 11) is 0. The minimum atomic E-state index is 0.00802. The molecular weight excluding hydrogens is 256 g/mol. The van der Waals surface area contributed by atoms with Crippen molar-refractivity contribution in [2.75, 3.05) is 11.9 Å². The highest BCUT2D eigenvalue weighted by Gasteiger charge is 2.21. The quantitative estimate of drug-likeness (QED) is 0.929. The van der Waals surface area contributed by atoms with E-state index >= 15 is 0 Å². The molecule has 0 unspecified atom stereocenters. The van der Waals surface area contributed by atoms with Gasteiger partial charge >= 0.3 is 0 Å². The lowest BCUT2D eigenvalue weighted by atomic mass is 9.91. The van der Waals surface area contributed by atoms with Crippen LogP contribution in [0.15, 0.2) is 23.6 Å². The van der Waals surface area contributed by atoms with Gasteiger partial charge in [-0.2, -0.15) is 5.26 Å². The van der Waals surface area contributed by atoms with Crippen molar-refractivity contribution in [3.63, 3.8) is 0 Å². The zero-order valence-electron chi connectivity index (χ0n) is 11.3. The molecule has 98 valence electrons. The smallest absolute Gasteiger partial charge is 0.224 e. The second-order valence-electron chi connectivity index (χ2n) is 5.04. The first-order chi connectivity index (χ1) is 9.01. The fourth-order valence-corrected chi connectivity index (χ4v) is 2.61. The van der Waals surface area contributed by atoms with Crippen molar-refractivity contribution in [3.8, 4) is 6.07 Å². The van der Waals surface area contributed by atoms with Crippen molar-refractivity contribution in [3.05, 3.63) is 39.8 Å². The average molecular weight is 272 g/mol. The van der Waals surface area contributed by atoms with Gasteiger partial charge in [0.15, 0.2) is 0 Å². The van der Waals surface area contributed by atoms with Crippen molar-refractivity contribution >= 4 is 17.3 Å². The molecule has 0 radical (unpaired) electrons. The van der Waals surface area contributed by atoms with Gasteiger partial charge in [-0.25, -0.2) is 9.97 Å². The van der Waals surface area contributed by atoms with Crippen molar-refractivity contribution in [1.29, 1.82) is 5.26 Å². The minimum Gasteiger partial charge on any atom is -0.353 e. The van der Waals surface area contributed by atoms with E-state index in [4.69, 9.17) is 5.26 Å². The van der Waals surface area contributed by atoms with E-state index in [1.807, 2.05) is 13.0 Å². The van der Waals surface area contributed by atoms with E-state index in [9.17, 15) is 0 Å². The molecule has 0 spiro atoms. The first-order valence-electron chi connectivity index (χ1n) is 6.05. The third-order valence-electron chi connectivity index (χ3n) is 2.85. The summed E-state index contributed by atoms with van der Waals surface area (Å²) in [6, 6.07) is 7.90. The third kappa shape index (κ3) is 3.30. The van der Waals surface area contributed by atoms with E-state index in [-0.39, 0.29) is 5.41 Å². The number of hydrogen-bond donors (Lipinski definition) is 1. The Bertz CT molecular complexity index is 596. The third-order valence-corrected chi connectivity index (χ3v) is 4.08. The van der Waals surface area contributed by atoms with Gasteiger partial charge in [-0.15, -0.1) is 11.3 Å². The highest BCUT2D eigenvalue weighted by Crippen LogP contribution is 2.27. The van der Waals surface area contributed by atoms with Crippen LogP contribution in [0, 0.1) is 18.3 Å². The fraction of sp³-hybridized carbons (Fsp3) is 0.357. The van der Waals surface area contributed by atoms with Crippen LogP contribution in [0.5, 0.6) is 0 Å². The zero-order chi connectivity index (χ0) is 13.9. The standard InChI is InChI=1S/C14H16N4S/c1-10-7-11(8-15)18-13(17-10)16-9-14(2,3)12-5-4-6-19-12/h4-7H,9H2,1-3H3,(H,16,17,18). The molecule has 0 saturated carbocycles. The largest absolute Gasteiger partial charge is 0.353 e. The van der Waals surface area contributed by atoms with Crippen LogP contribution in [0.25, 0.3) is 0 Å². The lowest BCUT2D eigenvalue weighted by molar-refractivity contribution is 0.567. The molecule has 0 aliphatic rings. The summed E-state index contributed by atoms with van der Waals surface area (Å²) in [4.78, 5) is 9.77. The predicted molar refractivity (Wildman–Crippen MR) is 77.3 cm³/mol. The maximum atomic E-state index is 8.90. The fourth-order valence-electron chi connectivity index (χ4n) is 1.76. The zero-order valence-corrected chi connectivity index (χ0v) is 12.1. The molecule has 2 aromatic heterocycles. The Kier molecular flexibility index (Phi) is 3.82. The number of aryl methyl sites for hydroxylation is 1. The van der Waals surface area contributed by atoms with Crippen LogP contribution in [-0.2, 0) is 5.41 Å². The molecule has 0 atom stereocenters. The maximum absolute atomic E-state index is 8.90. The highest BCUT2D eigenvalue weighted by atomic mass is 32.1. The molecule has 4 nitrogen and oxygen atoms in total. The van der Waals surface area contributed by atoms with Gasteiger partial charge in [0.25, 0.3) is 0 Å². The number of nitrogens with zero attached hydrogens (tertiary/aromatic N) is 3. The molecule has 2 rings (SSSR count). The van der Waals surface area contributed by atoms with Gasteiger partial charge in [-0.1, -0.05) is 19.9 Å². The van der Waals surface area contributed by atoms with E-state index in [1.165, 1.54) is 4.88 Å². The molecular formula is C14H16N4S. The molecule has 0 aliphatic heterocycles. The highest BCUT2D eigenvalue weighted by molar-refractivity contribution is 7.10. The topological polar surface area (TPSA) is 61.6 Å². The molecule has 2 heterocycles. The van der Waals surface area contributed by atoms with Gasteiger partial charge < -0.3 is 5.32 Å². The molecule has 0 fully saturated rings. The van der Waals surface area contributed by atoms with E-state index in [0.29, 0.717) is 11.6 Å². The van der Waals surface area contributed by atoms with Gasteiger partial charge in [-0.3, -0.25) is 0 Å². The molecule has 5 heteroatoms. The molecule has 0 amide bonds. The van der Waals surface area contributed by atoms with Crippen LogP contribution >= 0.6 is 11.3 Å². The van der Waals surface area contributed by atoms with Crippen molar-refractivity contribution in [1.82, 2.24) is 9.97 Å². The van der Waals surface area contributed by atoms with Gasteiger partial charge in [0.2, 0.25) is 5.95 Å². The molecule has 0 aliphatic carbocycles. The van der Waals surface area contributed by atoms with Crippen LogP contribution < -0.4 is 5.32 Å². The Morgan fingerprint density at radius 1 is 1.42 bits per heavy atom. The van der Waals surface area contributed by atoms with E-state index < -0.39 is 0 Å². The first-order valence-corrected chi connectivity index (χ1v) is 6.93.